The average molecular weight is 349 g/mol. The Hall–Kier alpha value is -2.12. The molecule has 1 aliphatic heterocycles. The summed E-state index contributed by atoms with van der Waals surface area (Å²) in [6.07, 6.45) is 1.42. The number of rotatable bonds is 4. The van der Waals surface area contributed by atoms with Gasteiger partial charge in [0.25, 0.3) is 10.0 Å². The van der Waals surface area contributed by atoms with Crippen LogP contribution in [-0.2, 0) is 19.9 Å². The highest BCUT2D eigenvalue weighted by Gasteiger charge is 2.35. The molecule has 0 radical (unpaired) electrons. The molecule has 2 aromatic carbocycles. The van der Waals surface area contributed by atoms with Gasteiger partial charge in [0.15, 0.2) is 9.84 Å². The first-order chi connectivity index (χ1) is 10.9. The van der Waals surface area contributed by atoms with Crippen LogP contribution in [0.4, 0.5) is 5.69 Å². The van der Waals surface area contributed by atoms with E-state index in [0.29, 0.717) is 5.69 Å². The average Bonchev–Trinajstić information content (AvgIpc) is 2.89. The van der Waals surface area contributed by atoms with Crippen molar-refractivity contribution in [2.24, 2.45) is 0 Å². The predicted molar refractivity (Wildman–Crippen MR) is 89.3 cm³/mol. The molecule has 2 aromatic rings. The molecule has 0 aliphatic carbocycles. The van der Waals surface area contributed by atoms with Crippen LogP contribution in [0.2, 0.25) is 0 Å². The Morgan fingerprint density at radius 3 is 2.00 bits per heavy atom. The molecular formula is C16H15NO4S2. The maximum atomic E-state index is 13.0. The van der Waals surface area contributed by atoms with E-state index in [1.807, 2.05) is 0 Å². The van der Waals surface area contributed by atoms with E-state index in [-0.39, 0.29) is 10.6 Å². The molecule has 0 saturated heterocycles. The molecule has 3 rings (SSSR count). The molecule has 1 atom stereocenters. The first kappa shape index (κ1) is 15.8. The van der Waals surface area contributed by atoms with E-state index in [1.54, 1.807) is 48.5 Å². The maximum absolute atomic E-state index is 13.0. The Bertz CT molecular complexity index is 921. The van der Waals surface area contributed by atoms with Crippen molar-refractivity contribution >= 4 is 25.5 Å². The summed E-state index contributed by atoms with van der Waals surface area (Å²) in [4.78, 5) is 0.126. The second-order valence-corrected chi connectivity index (χ2v) is 8.92. The van der Waals surface area contributed by atoms with E-state index < -0.39 is 25.9 Å². The van der Waals surface area contributed by atoms with Crippen molar-refractivity contribution in [3.8, 4) is 0 Å². The lowest BCUT2D eigenvalue weighted by Crippen LogP contribution is -2.41. The third-order valence-electron chi connectivity index (χ3n) is 3.52. The highest BCUT2D eigenvalue weighted by atomic mass is 32.2. The predicted octanol–water partition coefficient (Wildman–Crippen LogP) is 2.19. The van der Waals surface area contributed by atoms with Gasteiger partial charge in [0.05, 0.1) is 22.4 Å². The van der Waals surface area contributed by atoms with Gasteiger partial charge >= 0.3 is 0 Å². The molecule has 0 unspecified atom stereocenters. The number of benzene rings is 2. The van der Waals surface area contributed by atoms with Crippen molar-refractivity contribution in [1.29, 1.82) is 0 Å². The summed E-state index contributed by atoms with van der Waals surface area (Å²) < 4.78 is 50.7. The van der Waals surface area contributed by atoms with Crippen LogP contribution >= 0.6 is 0 Å². The molecule has 0 fully saturated rings. The fraction of sp³-hybridized carbons (Fsp3) is 0.125. The maximum Gasteiger partial charge on any atom is 0.264 e. The van der Waals surface area contributed by atoms with Gasteiger partial charge in [-0.05, 0) is 30.3 Å². The van der Waals surface area contributed by atoms with Gasteiger partial charge in [-0.2, -0.15) is 0 Å². The van der Waals surface area contributed by atoms with Crippen molar-refractivity contribution < 1.29 is 16.8 Å². The van der Waals surface area contributed by atoms with Gasteiger partial charge in [0.1, 0.15) is 0 Å². The number of sulfone groups is 1. The number of sulfonamides is 1. The van der Waals surface area contributed by atoms with Crippen LogP contribution in [0.15, 0.2) is 77.0 Å². The molecular weight excluding hydrogens is 334 g/mol. The van der Waals surface area contributed by atoms with E-state index in [9.17, 15) is 16.8 Å². The summed E-state index contributed by atoms with van der Waals surface area (Å²) in [5, 5.41) is 1.08. The minimum Gasteiger partial charge on any atom is -0.258 e. The lowest BCUT2D eigenvalue weighted by atomic mass is 10.2. The molecule has 0 saturated carbocycles. The van der Waals surface area contributed by atoms with Gasteiger partial charge in [0, 0.05) is 5.41 Å². The highest BCUT2D eigenvalue weighted by Crippen LogP contribution is 2.29. The van der Waals surface area contributed by atoms with Crippen LogP contribution in [-0.4, -0.2) is 28.6 Å². The number of hydrogen-bond donors (Lipinski definition) is 0. The molecule has 1 heterocycles. The molecule has 0 spiro atoms. The smallest absolute Gasteiger partial charge is 0.258 e. The van der Waals surface area contributed by atoms with Crippen molar-refractivity contribution in [1.82, 2.24) is 0 Å². The molecule has 1 aliphatic rings. The SMILES string of the molecule is O=S1(=O)C=C[C@@H](N(c2ccccc2)S(=O)(=O)c2ccccc2)C1. The largest absolute Gasteiger partial charge is 0.264 e. The van der Waals surface area contributed by atoms with Crippen molar-refractivity contribution in [3.05, 3.63) is 72.1 Å². The van der Waals surface area contributed by atoms with Crippen LogP contribution < -0.4 is 4.31 Å². The molecule has 0 amide bonds. The van der Waals surface area contributed by atoms with Crippen LogP contribution in [0.25, 0.3) is 0 Å². The third-order valence-corrected chi connectivity index (χ3v) is 6.77. The van der Waals surface area contributed by atoms with E-state index in [2.05, 4.69) is 0 Å². The van der Waals surface area contributed by atoms with E-state index in [1.165, 1.54) is 22.5 Å². The molecule has 120 valence electrons. The minimum absolute atomic E-state index is 0.126. The molecule has 5 nitrogen and oxygen atoms in total. The first-order valence-corrected chi connectivity index (χ1v) is 10.1. The van der Waals surface area contributed by atoms with E-state index in [4.69, 9.17) is 0 Å². The van der Waals surface area contributed by atoms with Crippen LogP contribution in [0.3, 0.4) is 0 Å². The van der Waals surface area contributed by atoms with E-state index >= 15 is 0 Å². The Morgan fingerprint density at radius 1 is 0.913 bits per heavy atom. The van der Waals surface area contributed by atoms with Crippen molar-refractivity contribution in [3.63, 3.8) is 0 Å². The summed E-state index contributed by atoms with van der Waals surface area (Å²) in [6, 6.07) is 15.8. The molecule has 7 heteroatoms. The zero-order valence-electron chi connectivity index (χ0n) is 12.1. The first-order valence-electron chi connectivity index (χ1n) is 6.96. The van der Waals surface area contributed by atoms with Gasteiger partial charge in [-0.15, -0.1) is 0 Å². The van der Waals surface area contributed by atoms with Crippen molar-refractivity contribution in [2.45, 2.75) is 10.9 Å². The Morgan fingerprint density at radius 2 is 1.48 bits per heavy atom. The van der Waals surface area contributed by atoms with Gasteiger partial charge in [-0.1, -0.05) is 36.4 Å². The number of hydrogen-bond acceptors (Lipinski definition) is 4. The second-order valence-electron chi connectivity index (χ2n) is 5.17. The zero-order chi connectivity index (χ0) is 16.5. The van der Waals surface area contributed by atoms with Gasteiger partial charge in [-0.3, -0.25) is 4.31 Å². The normalized spacial score (nSPS) is 19.6. The quantitative estimate of drug-likeness (QED) is 0.848. The summed E-state index contributed by atoms with van der Waals surface area (Å²) in [7, 11) is -7.25. The van der Waals surface area contributed by atoms with Crippen LogP contribution in [0.1, 0.15) is 0 Å². The lowest BCUT2D eigenvalue weighted by Gasteiger charge is -2.28. The van der Waals surface area contributed by atoms with Gasteiger partial charge in [0.2, 0.25) is 0 Å². The summed E-state index contributed by atoms with van der Waals surface area (Å²) in [5.41, 5.74) is 0.433. The van der Waals surface area contributed by atoms with Crippen LogP contribution in [0, 0.1) is 0 Å². The second kappa shape index (κ2) is 5.82. The van der Waals surface area contributed by atoms with Crippen molar-refractivity contribution in [2.75, 3.05) is 10.1 Å². The Balaban J connectivity index is 2.12. The van der Waals surface area contributed by atoms with E-state index in [0.717, 1.165) is 5.41 Å². The standard InChI is InChI=1S/C16H15NO4S2/c18-22(19)12-11-15(13-22)17(14-7-3-1-4-8-14)23(20,21)16-9-5-2-6-10-16/h1-12,15H,13H2/t15-/m1/s1. The fourth-order valence-electron chi connectivity index (χ4n) is 2.49. The van der Waals surface area contributed by atoms with Gasteiger partial charge in [-0.25, -0.2) is 16.8 Å². The molecule has 23 heavy (non-hydrogen) atoms. The molecule has 0 N–H and O–H groups in total. The fourth-order valence-corrected chi connectivity index (χ4v) is 5.49. The number of para-hydroxylation sites is 1. The third kappa shape index (κ3) is 3.16. The zero-order valence-corrected chi connectivity index (χ0v) is 13.7. The Kier molecular flexibility index (Phi) is 3.99. The number of anilines is 1. The summed E-state index contributed by atoms with van der Waals surface area (Å²) in [5.74, 6) is -0.256. The lowest BCUT2D eigenvalue weighted by molar-refractivity contribution is 0.586. The number of nitrogens with zero attached hydrogens (tertiary/aromatic N) is 1. The monoisotopic (exact) mass is 349 g/mol. The molecule has 0 bridgehead atoms. The Labute approximate surface area is 135 Å². The topological polar surface area (TPSA) is 71.5 Å². The minimum atomic E-state index is -3.87. The summed E-state index contributed by atoms with van der Waals surface area (Å²) in [6.45, 7) is 0. The van der Waals surface area contributed by atoms with Crippen LogP contribution in [0.5, 0.6) is 0 Å². The highest BCUT2D eigenvalue weighted by molar-refractivity contribution is 7.95. The molecule has 0 aromatic heterocycles. The van der Waals surface area contributed by atoms with Gasteiger partial charge < -0.3 is 0 Å². The summed E-state index contributed by atoms with van der Waals surface area (Å²) >= 11 is 0.